The second kappa shape index (κ2) is 8.92. The van der Waals surface area contributed by atoms with E-state index in [9.17, 15) is 14.3 Å². The van der Waals surface area contributed by atoms with E-state index < -0.39 is 17.8 Å². The maximum atomic E-state index is 13.9. The fraction of sp³-hybridized carbons (Fsp3) is 0.400. The Bertz CT molecular complexity index is 764. The lowest BCUT2D eigenvalue weighted by atomic mass is 10.0. The molecule has 1 aromatic carbocycles. The summed E-state index contributed by atoms with van der Waals surface area (Å²) in [6, 6.07) is 7.22. The van der Waals surface area contributed by atoms with Gasteiger partial charge in [-0.25, -0.2) is 4.39 Å². The smallest absolute Gasteiger partial charge is 0.325 e. The molecule has 1 fully saturated rings. The van der Waals surface area contributed by atoms with E-state index in [4.69, 9.17) is 4.74 Å². The van der Waals surface area contributed by atoms with E-state index in [1.165, 1.54) is 12.1 Å². The lowest BCUT2D eigenvalue weighted by molar-refractivity contribution is -0.144. The largest absolute Gasteiger partial charge is 0.494 e. The van der Waals surface area contributed by atoms with Gasteiger partial charge in [-0.2, -0.15) is 0 Å². The standard InChI is InChI=1S/C20H24FN3O3/c1-2-27-18-11-16(10-17(21)12-18)19(20(25)26)24-8-6-23(7-9-24)14-15-4-3-5-22-13-15/h3-5,10-13,19H,2,6-9,14H2,1H3,(H,25,26)/t19-/m1/s1. The molecule has 0 unspecified atom stereocenters. The summed E-state index contributed by atoms with van der Waals surface area (Å²) in [5, 5.41) is 9.76. The van der Waals surface area contributed by atoms with Gasteiger partial charge in [0.25, 0.3) is 0 Å². The van der Waals surface area contributed by atoms with Gasteiger partial charge in [-0.05, 0) is 36.2 Å². The van der Waals surface area contributed by atoms with Crippen molar-refractivity contribution >= 4 is 5.97 Å². The monoisotopic (exact) mass is 373 g/mol. The molecule has 0 bridgehead atoms. The Morgan fingerprint density at radius 1 is 1.30 bits per heavy atom. The minimum absolute atomic E-state index is 0.356. The summed E-state index contributed by atoms with van der Waals surface area (Å²) < 4.78 is 19.3. The van der Waals surface area contributed by atoms with Gasteiger partial charge < -0.3 is 9.84 Å². The first kappa shape index (κ1) is 19.3. The van der Waals surface area contributed by atoms with E-state index in [-0.39, 0.29) is 0 Å². The predicted molar refractivity (Wildman–Crippen MR) is 99.0 cm³/mol. The molecule has 0 spiro atoms. The summed E-state index contributed by atoms with van der Waals surface area (Å²) in [5.41, 5.74) is 1.54. The Hall–Kier alpha value is -2.51. The van der Waals surface area contributed by atoms with Crippen LogP contribution in [0.15, 0.2) is 42.7 Å². The predicted octanol–water partition coefficient (Wildman–Crippen LogP) is 2.56. The Kier molecular flexibility index (Phi) is 6.36. The molecule has 1 aliphatic heterocycles. The SMILES string of the molecule is CCOc1cc(F)cc([C@H](C(=O)O)N2CCN(Cc3cccnc3)CC2)c1. The molecule has 144 valence electrons. The maximum Gasteiger partial charge on any atom is 0.325 e. The molecule has 1 saturated heterocycles. The molecule has 0 radical (unpaired) electrons. The third kappa shape index (κ3) is 5.02. The normalized spacial score (nSPS) is 16.8. The van der Waals surface area contributed by atoms with Crippen molar-refractivity contribution in [2.75, 3.05) is 32.8 Å². The fourth-order valence-electron chi connectivity index (χ4n) is 3.43. The Balaban J connectivity index is 1.69. The van der Waals surface area contributed by atoms with E-state index >= 15 is 0 Å². The van der Waals surface area contributed by atoms with Crippen LogP contribution >= 0.6 is 0 Å². The molecule has 1 aromatic heterocycles. The zero-order valence-corrected chi connectivity index (χ0v) is 15.3. The Morgan fingerprint density at radius 3 is 2.70 bits per heavy atom. The van der Waals surface area contributed by atoms with Gasteiger partial charge >= 0.3 is 5.97 Å². The van der Waals surface area contributed by atoms with Crippen molar-refractivity contribution in [3.8, 4) is 5.75 Å². The summed E-state index contributed by atoms with van der Waals surface area (Å²) in [6.07, 6.45) is 3.59. The number of hydrogen-bond donors (Lipinski definition) is 1. The number of carboxylic acid groups (broad SMARTS) is 1. The van der Waals surface area contributed by atoms with Crippen molar-refractivity contribution in [3.63, 3.8) is 0 Å². The second-order valence-electron chi connectivity index (χ2n) is 6.57. The van der Waals surface area contributed by atoms with E-state index in [2.05, 4.69) is 9.88 Å². The number of aromatic nitrogens is 1. The zero-order chi connectivity index (χ0) is 19.2. The van der Waals surface area contributed by atoms with Crippen molar-refractivity contribution in [1.29, 1.82) is 0 Å². The summed E-state index contributed by atoms with van der Waals surface area (Å²) in [5.74, 6) is -1.12. The number of hydrogen-bond acceptors (Lipinski definition) is 5. The van der Waals surface area contributed by atoms with E-state index in [1.807, 2.05) is 23.2 Å². The third-order valence-electron chi connectivity index (χ3n) is 4.66. The lowest BCUT2D eigenvalue weighted by Crippen LogP contribution is -2.48. The minimum atomic E-state index is -0.983. The highest BCUT2D eigenvalue weighted by Crippen LogP contribution is 2.27. The zero-order valence-electron chi connectivity index (χ0n) is 15.3. The first-order valence-corrected chi connectivity index (χ1v) is 9.08. The number of carboxylic acids is 1. The van der Waals surface area contributed by atoms with Crippen LogP contribution in [0.5, 0.6) is 5.75 Å². The molecule has 27 heavy (non-hydrogen) atoms. The van der Waals surface area contributed by atoms with Crippen molar-refractivity contribution in [1.82, 2.24) is 14.8 Å². The molecule has 2 heterocycles. The van der Waals surface area contributed by atoms with Crippen molar-refractivity contribution < 1.29 is 19.0 Å². The van der Waals surface area contributed by atoms with E-state index in [1.54, 1.807) is 19.2 Å². The Labute approximate surface area is 158 Å². The molecule has 2 aromatic rings. The molecule has 1 aliphatic rings. The van der Waals surface area contributed by atoms with Crippen molar-refractivity contribution in [2.24, 2.45) is 0 Å². The van der Waals surface area contributed by atoms with Crippen molar-refractivity contribution in [2.45, 2.75) is 19.5 Å². The van der Waals surface area contributed by atoms with Gasteiger partial charge in [0, 0.05) is 51.2 Å². The van der Waals surface area contributed by atoms with Crippen LogP contribution < -0.4 is 4.74 Å². The molecule has 1 N–H and O–H groups in total. The number of carbonyl (C=O) groups is 1. The van der Waals surface area contributed by atoms with Crippen LogP contribution in [0.3, 0.4) is 0 Å². The average Bonchev–Trinajstić information content (AvgIpc) is 2.64. The van der Waals surface area contributed by atoms with Gasteiger partial charge in [0.05, 0.1) is 6.61 Å². The summed E-state index contributed by atoms with van der Waals surface area (Å²) in [7, 11) is 0. The number of piperazine rings is 1. The van der Waals surface area contributed by atoms with Crippen LogP contribution in [0.4, 0.5) is 4.39 Å². The van der Waals surface area contributed by atoms with Gasteiger partial charge in [0.1, 0.15) is 17.6 Å². The number of ether oxygens (including phenoxy) is 1. The first-order chi connectivity index (χ1) is 13.1. The highest BCUT2D eigenvalue weighted by Gasteiger charge is 2.31. The summed E-state index contributed by atoms with van der Waals surface area (Å²) in [6.45, 7) is 5.66. The maximum absolute atomic E-state index is 13.9. The Morgan fingerprint density at radius 2 is 2.07 bits per heavy atom. The molecule has 0 aliphatic carbocycles. The molecular weight excluding hydrogens is 349 g/mol. The third-order valence-corrected chi connectivity index (χ3v) is 4.66. The quantitative estimate of drug-likeness (QED) is 0.805. The number of rotatable bonds is 7. The van der Waals surface area contributed by atoms with Gasteiger partial charge in [-0.3, -0.25) is 19.6 Å². The average molecular weight is 373 g/mol. The molecule has 7 heteroatoms. The number of aliphatic carboxylic acids is 1. The minimum Gasteiger partial charge on any atom is -0.494 e. The highest BCUT2D eigenvalue weighted by molar-refractivity contribution is 5.75. The van der Waals surface area contributed by atoms with Crippen LogP contribution in [0, 0.1) is 5.82 Å². The van der Waals surface area contributed by atoms with Crippen LogP contribution in [-0.2, 0) is 11.3 Å². The number of pyridine rings is 1. The van der Waals surface area contributed by atoms with Crippen LogP contribution in [-0.4, -0.2) is 58.6 Å². The molecule has 1 atom stereocenters. The lowest BCUT2D eigenvalue weighted by Gasteiger charge is -2.37. The van der Waals surface area contributed by atoms with Crippen LogP contribution in [0.2, 0.25) is 0 Å². The molecule has 6 nitrogen and oxygen atoms in total. The summed E-state index contributed by atoms with van der Waals surface area (Å²) >= 11 is 0. The van der Waals surface area contributed by atoms with Gasteiger partial charge in [0.15, 0.2) is 0 Å². The fourth-order valence-corrected chi connectivity index (χ4v) is 3.43. The number of benzene rings is 1. The van der Waals surface area contributed by atoms with E-state index in [0.717, 1.165) is 25.2 Å². The molecule has 0 amide bonds. The number of halogens is 1. The first-order valence-electron chi connectivity index (χ1n) is 9.08. The van der Waals surface area contributed by atoms with Crippen LogP contribution in [0.1, 0.15) is 24.1 Å². The summed E-state index contributed by atoms with van der Waals surface area (Å²) in [4.78, 5) is 20.2. The number of nitrogens with zero attached hydrogens (tertiary/aromatic N) is 3. The van der Waals surface area contributed by atoms with Gasteiger partial charge in [-0.15, -0.1) is 0 Å². The molecule has 0 saturated carbocycles. The second-order valence-corrected chi connectivity index (χ2v) is 6.57. The van der Waals surface area contributed by atoms with E-state index in [0.29, 0.717) is 31.0 Å². The van der Waals surface area contributed by atoms with Gasteiger partial charge in [0.2, 0.25) is 0 Å². The van der Waals surface area contributed by atoms with Crippen molar-refractivity contribution in [3.05, 3.63) is 59.7 Å². The molecule has 3 rings (SSSR count). The van der Waals surface area contributed by atoms with Gasteiger partial charge in [-0.1, -0.05) is 6.07 Å². The topological polar surface area (TPSA) is 65.9 Å². The van der Waals surface area contributed by atoms with Crippen LogP contribution in [0.25, 0.3) is 0 Å². The highest BCUT2D eigenvalue weighted by atomic mass is 19.1. The molecular formula is C20H24FN3O3.